The highest BCUT2D eigenvalue weighted by Crippen LogP contribution is 2.36. The number of rotatable bonds is 6. The molecule has 0 saturated carbocycles. The Labute approximate surface area is 228 Å². The molecule has 0 spiro atoms. The molecule has 0 fully saturated rings. The van der Waals surface area contributed by atoms with Crippen LogP contribution in [0.4, 0.5) is 4.39 Å². The van der Waals surface area contributed by atoms with Crippen molar-refractivity contribution in [1.82, 2.24) is 9.80 Å². The zero-order valence-electron chi connectivity index (χ0n) is 21.2. The second-order valence-electron chi connectivity index (χ2n) is 10.3. The summed E-state index contributed by atoms with van der Waals surface area (Å²) in [6, 6.07) is 31.5. The summed E-state index contributed by atoms with van der Waals surface area (Å²) in [5, 5.41) is 0.692. The number of halogens is 2. The van der Waals surface area contributed by atoms with Crippen LogP contribution in [0.15, 0.2) is 97.1 Å². The summed E-state index contributed by atoms with van der Waals surface area (Å²) in [6.45, 7) is 1.30. The van der Waals surface area contributed by atoms with Gasteiger partial charge in [-0.3, -0.25) is 9.69 Å². The number of carbonyl (C=O) groups excluding carboxylic acids is 1. The Bertz CT molecular complexity index is 1430. The molecule has 1 aliphatic carbocycles. The number of hydrogen-bond acceptors (Lipinski definition) is 2. The Kier molecular flexibility index (Phi) is 7.01. The molecular weight excluding hydrogens is 495 g/mol. The third-order valence-corrected chi connectivity index (χ3v) is 8.25. The van der Waals surface area contributed by atoms with E-state index < -0.39 is 0 Å². The SMILES string of the molecule is O=C(CN1CCc2ccccc2C1c1ccc(Cl)cc1)N(Cc1ccccc1F)C1Cc2ccccc2C1. The first-order valence-electron chi connectivity index (χ1n) is 13.2. The van der Waals surface area contributed by atoms with Crippen molar-refractivity contribution in [2.24, 2.45) is 0 Å². The number of nitrogens with zero attached hydrogens (tertiary/aromatic N) is 2. The highest BCUT2D eigenvalue weighted by atomic mass is 35.5. The molecule has 0 saturated heterocycles. The first kappa shape index (κ1) is 24.8. The van der Waals surface area contributed by atoms with E-state index in [0.717, 1.165) is 31.4 Å². The molecule has 0 N–H and O–H groups in total. The maximum atomic E-state index is 14.7. The van der Waals surface area contributed by atoms with Gasteiger partial charge in [-0.15, -0.1) is 0 Å². The predicted octanol–water partition coefficient (Wildman–Crippen LogP) is 6.62. The second kappa shape index (κ2) is 10.7. The molecule has 3 nitrogen and oxygen atoms in total. The van der Waals surface area contributed by atoms with Gasteiger partial charge in [0.25, 0.3) is 0 Å². The van der Waals surface area contributed by atoms with E-state index in [9.17, 15) is 9.18 Å². The predicted molar refractivity (Wildman–Crippen MR) is 150 cm³/mol. The van der Waals surface area contributed by atoms with E-state index >= 15 is 0 Å². The van der Waals surface area contributed by atoms with Crippen molar-refractivity contribution >= 4 is 17.5 Å². The van der Waals surface area contributed by atoms with Crippen molar-refractivity contribution in [2.45, 2.75) is 37.9 Å². The van der Waals surface area contributed by atoms with Crippen LogP contribution in [0, 0.1) is 5.82 Å². The highest BCUT2D eigenvalue weighted by Gasteiger charge is 2.34. The molecule has 6 rings (SSSR count). The van der Waals surface area contributed by atoms with E-state index in [1.54, 1.807) is 12.1 Å². The van der Waals surface area contributed by atoms with Crippen molar-refractivity contribution in [3.05, 3.63) is 141 Å². The Hall–Kier alpha value is -3.47. The third-order valence-electron chi connectivity index (χ3n) is 8.00. The van der Waals surface area contributed by atoms with Crippen LogP contribution in [0.5, 0.6) is 0 Å². The van der Waals surface area contributed by atoms with Crippen LogP contribution in [-0.2, 0) is 30.6 Å². The maximum absolute atomic E-state index is 14.7. The number of carbonyl (C=O) groups is 1. The summed E-state index contributed by atoms with van der Waals surface area (Å²) in [6.07, 6.45) is 2.47. The minimum atomic E-state index is -0.272. The molecular formula is C33H30ClFN2O. The minimum absolute atomic E-state index is 0.00515. The molecule has 0 radical (unpaired) electrons. The van der Waals surface area contributed by atoms with E-state index in [2.05, 4.69) is 53.4 Å². The number of hydrogen-bond donors (Lipinski definition) is 0. The topological polar surface area (TPSA) is 23.6 Å². The van der Waals surface area contributed by atoms with Crippen molar-refractivity contribution in [1.29, 1.82) is 0 Å². The third kappa shape index (κ3) is 4.99. The van der Waals surface area contributed by atoms with E-state index in [-0.39, 0.29) is 36.9 Å². The zero-order valence-corrected chi connectivity index (χ0v) is 21.9. The van der Waals surface area contributed by atoms with Gasteiger partial charge in [-0.05, 0) is 65.3 Å². The lowest BCUT2D eigenvalue weighted by Gasteiger charge is -2.39. The van der Waals surface area contributed by atoms with Crippen LogP contribution >= 0.6 is 11.6 Å². The molecule has 1 atom stereocenters. The zero-order chi connectivity index (χ0) is 26.1. The van der Waals surface area contributed by atoms with Crippen LogP contribution in [0.3, 0.4) is 0 Å². The number of amides is 1. The van der Waals surface area contributed by atoms with E-state index in [4.69, 9.17) is 11.6 Å². The molecule has 0 bridgehead atoms. The molecule has 4 aromatic carbocycles. The molecule has 5 heteroatoms. The van der Waals surface area contributed by atoms with Crippen LogP contribution in [0.25, 0.3) is 0 Å². The number of fused-ring (bicyclic) bond motifs is 2. The van der Waals surface area contributed by atoms with Crippen LogP contribution in [0.1, 0.15) is 39.4 Å². The largest absolute Gasteiger partial charge is 0.333 e. The van der Waals surface area contributed by atoms with Gasteiger partial charge in [-0.25, -0.2) is 4.39 Å². The average molecular weight is 525 g/mol. The Morgan fingerprint density at radius 1 is 0.842 bits per heavy atom. The first-order chi connectivity index (χ1) is 18.6. The van der Waals surface area contributed by atoms with Gasteiger partial charge >= 0.3 is 0 Å². The van der Waals surface area contributed by atoms with Gasteiger partial charge < -0.3 is 4.90 Å². The van der Waals surface area contributed by atoms with Gasteiger partial charge in [0.05, 0.1) is 12.6 Å². The molecule has 2 aliphatic rings. The molecule has 38 heavy (non-hydrogen) atoms. The van der Waals surface area contributed by atoms with Crippen LogP contribution in [-0.4, -0.2) is 34.8 Å². The van der Waals surface area contributed by atoms with E-state index in [1.807, 2.05) is 35.2 Å². The molecule has 4 aromatic rings. The lowest BCUT2D eigenvalue weighted by molar-refractivity contribution is -0.136. The minimum Gasteiger partial charge on any atom is -0.333 e. The summed E-state index contributed by atoms with van der Waals surface area (Å²) >= 11 is 6.21. The van der Waals surface area contributed by atoms with Crippen molar-refractivity contribution < 1.29 is 9.18 Å². The van der Waals surface area contributed by atoms with Crippen LogP contribution < -0.4 is 0 Å². The standard InChI is InChI=1S/C33H30ClFN2O/c34-28-15-13-24(14-16-28)33-30-11-5-3-7-23(30)17-18-36(33)22-32(38)37(21-27-10-4-6-12-31(27)35)29-19-25-8-1-2-9-26(25)20-29/h1-16,29,33H,17-22H2. The fourth-order valence-corrected chi connectivity index (χ4v) is 6.20. The van der Waals surface area contributed by atoms with Crippen molar-refractivity contribution in [3.8, 4) is 0 Å². The molecule has 1 unspecified atom stereocenters. The van der Waals surface area contributed by atoms with Gasteiger partial charge in [-0.1, -0.05) is 90.5 Å². The van der Waals surface area contributed by atoms with Gasteiger partial charge in [0, 0.05) is 29.7 Å². The molecule has 1 aliphatic heterocycles. The molecule has 192 valence electrons. The lowest BCUT2D eigenvalue weighted by Crippen LogP contribution is -2.48. The lowest BCUT2D eigenvalue weighted by atomic mass is 9.88. The first-order valence-corrected chi connectivity index (χ1v) is 13.6. The molecule has 0 aromatic heterocycles. The fraction of sp³-hybridized carbons (Fsp3) is 0.242. The molecule has 1 amide bonds. The van der Waals surface area contributed by atoms with Gasteiger partial charge in [0.1, 0.15) is 5.82 Å². The summed E-state index contributed by atoms with van der Waals surface area (Å²) in [5.74, 6) is -0.240. The fourth-order valence-electron chi connectivity index (χ4n) is 6.08. The monoisotopic (exact) mass is 524 g/mol. The summed E-state index contributed by atoms with van der Waals surface area (Å²) in [7, 11) is 0. The quantitative estimate of drug-likeness (QED) is 0.283. The number of benzene rings is 4. The van der Waals surface area contributed by atoms with Gasteiger partial charge in [-0.2, -0.15) is 0 Å². The molecule has 1 heterocycles. The second-order valence-corrected chi connectivity index (χ2v) is 10.8. The summed E-state index contributed by atoms with van der Waals surface area (Å²) in [5.41, 5.74) is 6.75. The smallest absolute Gasteiger partial charge is 0.237 e. The Balaban J connectivity index is 1.31. The van der Waals surface area contributed by atoms with E-state index in [1.165, 1.54) is 28.3 Å². The van der Waals surface area contributed by atoms with Gasteiger partial charge in [0.2, 0.25) is 5.91 Å². The average Bonchev–Trinajstić information content (AvgIpc) is 3.37. The Morgan fingerprint density at radius 2 is 1.47 bits per heavy atom. The van der Waals surface area contributed by atoms with E-state index in [0.29, 0.717) is 10.6 Å². The highest BCUT2D eigenvalue weighted by molar-refractivity contribution is 6.30. The van der Waals surface area contributed by atoms with Gasteiger partial charge in [0.15, 0.2) is 0 Å². The van der Waals surface area contributed by atoms with Crippen molar-refractivity contribution in [2.75, 3.05) is 13.1 Å². The van der Waals surface area contributed by atoms with Crippen molar-refractivity contribution in [3.63, 3.8) is 0 Å². The van der Waals surface area contributed by atoms with Crippen LogP contribution in [0.2, 0.25) is 5.02 Å². The Morgan fingerprint density at radius 3 is 2.18 bits per heavy atom. The summed E-state index contributed by atoms with van der Waals surface area (Å²) < 4.78 is 14.7. The normalized spacial score (nSPS) is 17.2. The summed E-state index contributed by atoms with van der Waals surface area (Å²) in [4.78, 5) is 18.3. The maximum Gasteiger partial charge on any atom is 0.237 e.